The van der Waals surface area contributed by atoms with Crippen molar-refractivity contribution in [1.29, 1.82) is 0 Å². The maximum Gasteiger partial charge on any atom is 0.306 e. The number of hydrogen-bond acceptors (Lipinski definition) is 3. The van der Waals surface area contributed by atoms with E-state index in [1.54, 1.807) is 0 Å². The number of carboxylic acid groups (broad SMARTS) is 1. The SMILES string of the molecule is CC1CC(N2CCC(C(=O)O)CC2C)CN1C. The second kappa shape index (κ2) is 4.94. The average Bonchev–Trinajstić information content (AvgIpc) is 2.58. The normalized spacial score (nSPS) is 40.6. The van der Waals surface area contributed by atoms with Gasteiger partial charge in [-0.05, 0) is 46.7 Å². The first-order chi connectivity index (χ1) is 7.99. The summed E-state index contributed by atoms with van der Waals surface area (Å²) < 4.78 is 0. The Morgan fingerprint density at radius 1 is 1.24 bits per heavy atom. The van der Waals surface area contributed by atoms with Crippen molar-refractivity contribution in [2.45, 2.75) is 51.2 Å². The number of rotatable bonds is 2. The minimum absolute atomic E-state index is 0.127. The molecule has 2 heterocycles. The molecular weight excluding hydrogens is 216 g/mol. The molecule has 0 spiro atoms. The average molecular weight is 240 g/mol. The Labute approximate surface area is 104 Å². The number of piperidine rings is 1. The molecule has 98 valence electrons. The summed E-state index contributed by atoms with van der Waals surface area (Å²) in [7, 11) is 2.18. The van der Waals surface area contributed by atoms with E-state index in [2.05, 4.69) is 30.7 Å². The van der Waals surface area contributed by atoms with Gasteiger partial charge in [0, 0.05) is 24.7 Å². The number of nitrogens with zero attached hydrogens (tertiary/aromatic N) is 2. The van der Waals surface area contributed by atoms with Crippen LogP contribution < -0.4 is 0 Å². The largest absolute Gasteiger partial charge is 0.481 e. The molecule has 0 bridgehead atoms. The van der Waals surface area contributed by atoms with Crippen molar-refractivity contribution in [3.05, 3.63) is 0 Å². The van der Waals surface area contributed by atoms with Crippen LogP contribution in [0, 0.1) is 5.92 Å². The van der Waals surface area contributed by atoms with E-state index in [4.69, 9.17) is 5.11 Å². The molecule has 2 aliphatic rings. The maximum absolute atomic E-state index is 11.0. The molecule has 17 heavy (non-hydrogen) atoms. The Morgan fingerprint density at radius 3 is 2.41 bits per heavy atom. The Balaban J connectivity index is 1.94. The molecule has 2 fully saturated rings. The molecule has 0 aliphatic carbocycles. The van der Waals surface area contributed by atoms with Gasteiger partial charge in [-0.2, -0.15) is 0 Å². The first-order valence-electron chi connectivity index (χ1n) is 6.67. The van der Waals surface area contributed by atoms with Gasteiger partial charge in [0.05, 0.1) is 5.92 Å². The van der Waals surface area contributed by atoms with Crippen molar-refractivity contribution in [3.63, 3.8) is 0 Å². The fourth-order valence-electron chi connectivity index (χ4n) is 3.36. The summed E-state index contributed by atoms with van der Waals surface area (Å²) >= 11 is 0. The van der Waals surface area contributed by atoms with Crippen LogP contribution in [0.3, 0.4) is 0 Å². The predicted molar refractivity (Wildman–Crippen MR) is 67.0 cm³/mol. The van der Waals surface area contributed by atoms with Crippen LogP contribution in [-0.2, 0) is 4.79 Å². The van der Waals surface area contributed by atoms with Crippen LogP contribution in [0.5, 0.6) is 0 Å². The lowest BCUT2D eigenvalue weighted by atomic mass is 9.90. The third kappa shape index (κ3) is 2.63. The summed E-state index contributed by atoms with van der Waals surface area (Å²) in [5.74, 6) is -0.744. The van der Waals surface area contributed by atoms with Crippen molar-refractivity contribution in [2.24, 2.45) is 5.92 Å². The van der Waals surface area contributed by atoms with E-state index in [1.165, 1.54) is 6.42 Å². The summed E-state index contributed by atoms with van der Waals surface area (Å²) in [6.45, 7) is 6.53. The molecule has 4 heteroatoms. The van der Waals surface area contributed by atoms with E-state index in [0.29, 0.717) is 18.1 Å². The number of carbonyl (C=O) groups is 1. The molecule has 0 amide bonds. The van der Waals surface area contributed by atoms with Gasteiger partial charge in [-0.1, -0.05) is 0 Å². The van der Waals surface area contributed by atoms with Gasteiger partial charge in [-0.3, -0.25) is 9.69 Å². The number of carboxylic acids is 1. The zero-order valence-corrected chi connectivity index (χ0v) is 11.1. The summed E-state index contributed by atoms with van der Waals surface area (Å²) in [5, 5.41) is 9.06. The second-order valence-electron chi connectivity index (χ2n) is 5.82. The molecule has 4 unspecified atom stereocenters. The monoisotopic (exact) mass is 240 g/mol. The fourth-order valence-corrected chi connectivity index (χ4v) is 3.36. The van der Waals surface area contributed by atoms with Crippen molar-refractivity contribution < 1.29 is 9.90 Å². The summed E-state index contributed by atoms with van der Waals surface area (Å²) in [5.41, 5.74) is 0. The zero-order valence-electron chi connectivity index (χ0n) is 11.1. The standard InChI is InChI=1S/C13H24N2O2/c1-9-7-12(8-14(9)3)15-5-4-11(13(16)17)6-10(15)2/h9-12H,4-8H2,1-3H3,(H,16,17). The van der Waals surface area contributed by atoms with Crippen LogP contribution >= 0.6 is 0 Å². The van der Waals surface area contributed by atoms with Crippen LogP contribution in [0.4, 0.5) is 0 Å². The van der Waals surface area contributed by atoms with E-state index in [0.717, 1.165) is 25.9 Å². The zero-order chi connectivity index (χ0) is 12.6. The topological polar surface area (TPSA) is 43.8 Å². The highest BCUT2D eigenvalue weighted by Gasteiger charge is 2.37. The summed E-state index contributed by atoms with van der Waals surface area (Å²) in [4.78, 5) is 15.9. The number of likely N-dealkylation sites (N-methyl/N-ethyl adjacent to an activating group) is 1. The van der Waals surface area contributed by atoms with Crippen LogP contribution in [0.25, 0.3) is 0 Å². The number of aliphatic carboxylic acids is 1. The van der Waals surface area contributed by atoms with Crippen LogP contribution in [0.15, 0.2) is 0 Å². The van der Waals surface area contributed by atoms with Crippen molar-refractivity contribution in [3.8, 4) is 0 Å². The molecular formula is C13H24N2O2. The first-order valence-corrected chi connectivity index (χ1v) is 6.67. The van der Waals surface area contributed by atoms with Gasteiger partial charge < -0.3 is 10.0 Å². The summed E-state index contributed by atoms with van der Waals surface area (Å²) in [6.07, 6.45) is 2.84. The molecule has 1 N–H and O–H groups in total. The third-order valence-electron chi connectivity index (χ3n) is 4.61. The highest BCUT2D eigenvalue weighted by Crippen LogP contribution is 2.29. The lowest BCUT2D eigenvalue weighted by Crippen LogP contribution is -2.49. The number of hydrogen-bond donors (Lipinski definition) is 1. The minimum Gasteiger partial charge on any atom is -0.481 e. The minimum atomic E-state index is -0.617. The van der Waals surface area contributed by atoms with Gasteiger partial charge in [0.2, 0.25) is 0 Å². The van der Waals surface area contributed by atoms with E-state index in [9.17, 15) is 4.79 Å². The van der Waals surface area contributed by atoms with Gasteiger partial charge in [-0.15, -0.1) is 0 Å². The Hall–Kier alpha value is -0.610. The smallest absolute Gasteiger partial charge is 0.306 e. The lowest BCUT2D eigenvalue weighted by molar-refractivity contribution is -0.144. The van der Waals surface area contributed by atoms with Gasteiger partial charge in [0.1, 0.15) is 0 Å². The van der Waals surface area contributed by atoms with Gasteiger partial charge in [0.15, 0.2) is 0 Å². The van der Waals surface area contributed by atoms with Crippen molar-refractivity contribution in [1.82, 2.24) is 9.80 Å². The molecule has 4 nitrogen and oxygen atoms in total. The maximum atomic E-state index is 11.0. The highest BCUT2D eigenvalue weighted by molar-refractivity contribution is 5.70. The van der Waals surface area contributed by atoms with E-state index < -0.39 is 5.97 Å². The molecule has 0 saturated carbocycles. The first kappa shape index (κ1) is 12.8. The lowest BCUT2D eigenvalue weighted by Gasteiger charge is -2.40. The second-order valence-corrected chi connectivity index (χ2v) is 5.82. The predicted octanol–water partition coefficient (Wildman–Crippen LogP) is 1.26. The molecule has 2 rings (SSSR count). The fraction of sp³-hybridized carbons (Fsp3) is 0.923. The van der Waals surface area contributed by atoms with Gasteiger partial charge >= 0.3 is 5.97 Å². The van der Waals surface area contributed by atoms with E-state index in [-0.39, 0.29) is 5.92 Å². The van der Waals surface area contributed by atoms with Gasteiger partial charge in [-0.25, -0.2) is 0 Å². The van der Waals surface area contributed by atoms with E-state index in [1.807, 2.05) is 0 Å². The molecule has 0 radical (unpaired) electrons. The number of likely N-dealkylation sites (tertiary alicyclic amines) is 2. The third-order valence-corrected chi connectivity index (χ3v) is 4.61. The summed E-state index contributed by atoms with van der Waals surface area (Å²) in [6, 6.07) is 1.69. The highest BCUT2D eigenvalue weighted by atomic mass is 16.4. The Morgan fingerprint density at radius 2 is 1.94 bits per heavy atom. The van der Waals surface area contributed by atoms with Gasteiger partial charge in [0.25, 0.3) is 0 Å². The quantitative estimate of drug-likeness (QED) is 0.789. The van der Waals surface area contributed by atoms with Crippen LogP contribution in [0.2, 0.25) is 0 Å². The Bertz CT molecular complexity index is 285. The molecule has 0 aromatic heterocycles. The molecule has 0 aromatic carbocycles. The van der Waals surface area contributed by atoms with Crippen LogP contribution in [-0.4, -0.2) is 59.1 Å². The van der Waals surface area contributed by atoms with E-state index >= 15 is 0 Å². The molecule has 2 saturated heterocycles. The molecule has 2 aliphatic heterocycles. The van der Waals surface area contributed by atoms with Crippen molar-refractivity contribution in [2.75, 3.05) is 20.1 Å². The molecule has 0 aromatic rings. The molecule has 4 atom stereocenters. The Kier molecular flexibility index (Phi) is 3.73. The van der Waals surface area contributed by atoms with Crippen LogP contribution in [0.1, 0.15) is 33.1 Å². The van der Waals surface area contributed by atoms with Crippen molar-refractivity contribution >= 4 is 5.97 Å².